The van der Waals surface area contributed by atoms with Gasteiger partial charge in [-0.3, -0.25) is 4.79 Å². The third-order valence-electron chi connectivity index (χ3n) is 2.49. The molecule has 1 atom stereocenters. The molecule has 2 aromatic rings. The normalized spacial score (nSPS) is 13.2. The number of alkyl halides is 3. The van der Waals surface area contributed by atoms with Crippen molar-refractivity contribution in [1.82, 2.24) is 10.3 Å². The van der Waals surface area contributed by atoms with Crippen LogP contribution in [0.15, 0.2) is 18.2 Å². The van der Waals surface area contributed by atoms with Crippen LogP contribution in [0.2, 0.25) is 0 Å². The van der Waals surface area contributed by atoms with Gasteiger partial charge in [-0.25, -0.2) is 4.98 Å². The van der Waals surface area contributed by atoms with Crippen molar-refractivity contribution in [2.75, 3.05) is 5.32 Å². The van der Waals surface area contributed by atoms with E-state index in [1.807, 2.05) is 25.1 Å². The van der Waals surface area contributed by atoms with Gasteiger partial charge in [0.1, 0.15) is 6.17 Å². The quantitative estimate of drug-likeness (QED) is 0.651. The molecule has 0 fully saturated rings. The lowest BCUT2D eigenvalue weighted by Crippen LogP contribution is -2.48. The van der Waals surface area contributed by atoms with E-state index in [0.29, 0.717) is 5.13 Å². The molecule has 1 amide bonds. The van der Waals surface area contributed by atoms with Crippen molar-refractivity contribution in [1.29, 1.82) is 0 Å². The highest BCUT2D eigenvalue weighted by molar-refractivity contribution is 7.22. The summed E-state index contributed by atoms with van der Waals surface area (Å²) in [4.78, 5) is 15.6. The van der Waals surface area contributed by atoms with Crippen LogP contribution in [0.25, 0.3) is 10.2 Å². The number of anilines is 1. The number of amides is 1. The molecule has 0 spiro atoms. The minimum Gasteiger partial charge on any atom is -0.338 e. The minimum atomic E-state index is -1.68. The lowest BCUT2D eigenvalue weighted by molar-refractivity contribution is -0.119. The van der Waals surface area contributed by atoms with Gasteiger partial charge in [0, 0.05) is 6.92 Å². The van der Waals surface area contributed by atoms with Gasteiger partial charge in [-0.1, -0.05) is 52.2 Å². The number of benzene rings is 1. The van der Waals surface area contributed by atoms with Crippen LogP contribution >= 0.6 is 46.1 Å². The van der Waals surface area contributed by atoms with E-state index in [4.69, 9.17) is 34.8 Å². The van der Waals surface area contributed by atoms with Crippen LogP contribution in [-0.4, -0.2) is 20.8 Å². The molecular weight excluding hydrogens is 341 g/mol. The first-order valence-corrected chi connectivity index (χ1v) is 7.68. The van der Waals surface area contributed by atoms with Gasteiger partial charge in [-0.15, -0.1) is 0 Å². The van der Waals surface area contributed by atoms with Gasteiger partial charge in [0.05, 0.1) is 10.2 Å². The maximum absolute atomic E-state index is 11.2. The highest BCUT2D eigenvalue weighted by Gasteiger charge is 2.34. The van der Waals surface area contributed by atoms with Gasteiger partial charge < -0.3 is 10.6 Å². The Labute approximate surface area is 135 Å². The summed E-state index contributed by atoms with van der Waals surface area (Å²) in [5.74, 6) is -0.300. The van der Waals surface area contributed by atoms with E-state index in [2.05, 4.69) is 15.6 Å². The second-order valence-corrected chi connectivity index (χ2v) is 7.71. The van der Waals surface area contributed by atoms with Crippen molar-refractivity contribution in [2.45, 2.75) is 23.8 Å². The molecule has 20 heavy (non-hydrogen) atoms. The third kappa shape index (κ3) is 3.88. The highest BCUT2D eigenvalue weighted by atomic mass is 35.6. The Morgan fingerprint density at radius 1 is 1.40 bits per heavy atom. The topological polar surface area (TPSA) is 54.0 Å². The zero-order valence-corrected chi connectivity index (χ0v) is 13.8. The number of hydrogen-bond acceptors (Lipinski definition) is 4. The Kier molecular flexibility index (Phi) is 4.64. The molecular formula is C12H12Cl3N3OS. The second-order valence-electron chi connectivity index (χ2n) is 4.31. The Morgan fingerprint density at radius 2 is 2.10 bits per heavy atom. The number of halogens is 3. The van der Waals surface area contributed by atoms with Crippen LogP contribution in [0, 0.1) is 6.92 Å². The predicted octanol–water partition coefficient (Wildman–Crippen LogP) is 3.85. The van der Waals surface area contributed by atoms with E-state index in [1.165, 1.54) is 18.3 Å². The first-order valence-electron chi connectivity index (χ1n) is 5.73. The molecule has 4 nitrogen and oxygen atoms in total. The van der Waals surface area contributed by atoms with Gasteiger partial charge in [-0.05, 0) is 24.6 Å². The van der Waals surface area contributed by atoms with Crippen molar-refractivity contribution < 1.29 is 4.79 Å². The fourth-order valence-corrected chi connectivity index (χ4v) is 2.94. The molecule has 0 unspecified atom stereocenters. The monoisotopic (exact) mass is 351 g/mol. The van der Waals surface area contributed by atoms with Crippen LogP contribution in [0.1, 0.15) is 12.5 Å². The molecule has 0 saturated heterocycles. The summed E-state index contributed by atoms with van der Waals surface area (Å²) in [5, 5.41) is 6.06. The number of nitrogens with zero attached hydrogens (tertiary/aromatic N) is 1. The molecule has 0 saturated carbocycles. The van der Waals surface area contributed by atoms with Gasteiger partial charge in [0.25, 0.3) is 0 Å². The first-order chi connectivity index (χ1) is 9.25. The zero-order chi connectivity index (χ0) is 14.9. The average molecular weight is 353 g/mol. The van der Waals surface area contributed by atoms with Crippen molar-refractivity contribution in [3.8, 4) is 0 Å². The third-order valence-corrected chi connectivity index (χ3v) is 4.09. The van der Waals surface area contributed by atoms with Gasteiger partial charge in [-0.2, -0.15) is 0 Å². The summed E-state index contributed by atoms with van der Waals surface area (Å²) in [7, 11) is 0. The number of aromatic nitrogens is 1. The number of fused-ring (bicyclic) bond motifs is 1. The van der Waals surface area contributed by atoms with E-state index in [1.54, 1.807) is 0 Å². The maximum Gasteiger partial charge on any atom is 0.228 e. The molecule has 2 rings (SSSR count). The van der Waals surface area contributed by atoms with Gasteiger partial charge in [0.15, 0.2) is 5.13 Å². The minimum absolute atomic E-state index is 0.300. The Hall–Kier alpha value is -0.750. The molecule has 1 heterocycles. The Balaban J connectivity index is 2.26. The summed E-state index contributed by atoms with van der Waals surface area (Å²) in [6.07, 6.45) is -0.855. The predicted molar refractivity (Wildman–Crippen MR) is 85.9 cm³/mol. The molecule has 2 N–H and O–H groups in total. The van der Waals surface area contributed by atoms with Crippen LogP contribution in [-0.2, 0) is 4.79 Å². The summed E-state index contributed by atoms with van der Waals surface area (Å²) >= 11 is 19.0. The number of hydrogen-bond donors (Lipinski definition) is 2. The summed E-state index contributed by atoms with van der Waals surface area (Å²) in [6, 6.07) is 5.93. The summed E-state index contributed by atoms with van der Waals surface area (Å²) in [6.45, 7) is 3.36. The van der Waals surface area contributed by atoms with Crippen molar-refractivity contribution in [2.24, 2.45) is 0 Å². The van der Waals surface area contributed by atoms with Crippen LogP contribution < -0.4 is 10.6 Å². The first kappa shape index (κ1) is 15.6. The molecule has 8 heteroatoms. The fraction of sp³-hybridized carbons (Fsp3) is 0.333. The Bertz CT molecular complexity index is 638. The van der Waals surface area contributed by atoms with E-state index in [9.17, 15) is 4.79 Å². The summed E-state index contributed by atoms with van der Waals surface area (Å²) in [5.41, 5.74) is 2.00. The average Bonchev–Trinajstić information content (AvgIpc) is 2.67. The smallest absolute Gasteiger partial charge is 0.228 e. The standard InChI is InChI=1S/C12H12Cl3N3OS/c1-6-3-4-8-9(5-6)20-11(17-8)18-10(12(13,14)15)16-7(2)19/h3-5,10H,1-2H3,(H,16,19)(H,17,18)/t10-/m0/s1. The van der Waals surface area contributed by atoms with Gasteiger partial charge >= 0.3 is 0 Å². The molecule has 0 aliphatic carbocycles. The zero-order valence-electron chi connectivity index (χ0n) is 10.7. The SMILES string of the molecule is CC(=O)N[C@@H](Nc1nc2ccc(C)cc2s1)C(Cl)(Cl)Cl. The van der Waals surface area contributed by atoms with Crippen molar-refractivity contribution in [3.63, 3.8) is 0 Å². The lowest BCUT2D eigenvalue weighted by atomic mass is 10.2. The van der Waals surface area contributed by atoms with E-state index in [0.717, 1.165) is 15.8 Å². The number of carbonyl (C=O) groups is 1. The fourth-order valence-electron chi connectivity index (χ4n) is 1.62. The van der Waals surface area contributed by atoms with Crippen molar-refractivity contribution >= 4 is 67.4 Å². The summed E-state index contributed by atoms with van der Waals surface area (Å²) < 4.78 is -0.655. The van der Waals surface area contributed by atoms with Crippen LogP contribution in [0.4, 0.5) is 5.13 Å². The van der Waals surface area contributed by atoms with Gasteiger partial charge in [0.2, 0.25) is 9.70 Å². The van der Waals surface area contributed by atoms with E-state index >= 15 is 0 Å². The van der Waals surface area contributed by atoms with Crippen LogP contribution in [0.5, 0.6) is 0 Å². The number of thiazole rings is 1. The van der Waals surface area contributed by atoms with E-state index < -0.39 is 9.96 Å². The molecule has 0 aliphatic rings. The largest absolute Gasteiger partial charge is 0.338 e. The Morgan fingerprint density at radius 3 is 2.70 bits per heavy atom. The number of rotatable bonds is 3. The van der Waals surface area contributed by atoms with E-state index in [-0.39, 0.29) is 5.91 Å². The van der Waals surface area contributed by atoms with Crippen molar-refractivity contribution in [3.05, 3.63) is 23.8 Å². The van der Waals surface area contributed by atoms with Crippen LogP contribution in [0.3, 0.4) is 0 Å². The number of carbonyl (C=O) groups excluding carboxylic acids is 1. The lowest BCUT2D eigenvalue weighted by Gasteiger charge is -2.25. The molecule has 0 radical (unpaired) electrons. The molecule has 0 bridgehead atoms. The second kappa shape index (κ2) is 5.93. The highest BCUT2D eigenvalue weighted by Crippen LogP contribution is 2.33. The number of nitrogens with one attached hydrogen (secondary N) is 2. The molecule has 108 valence electrons. The number of aryl methyl sites for hydroxylation is 1. The molecule has 0 aliphatic heterocycles. The maximum atomic E-state index is 11.2. The molecule has 1 aromatic carbocycles. The molecule has 1 aromatic heterocycles.